The Labute approximate surface area is 201 Å². The SMILES string of the molecule is CCn1ncc(CN(C)C(=O)c2nc(-c3cc(C)c4c(=O)[nH][nH]c4c3)nc3ccc(C)cc23)c1C. The summed E-state index contributed by atoms with van der Waals surface area (Å²) in [5, 5.41) is 11.2. The van der Waals surface area contributed by atoms with Gasteiger partial charge in [-0.3, -0.25) is 24.5 Å². The highest BCUT2D eigenvalue weighted by Gasteiger charge is 2.21. The predicted octanol–water partition coefficient (Wildman–Crippen LogP) is 3.88. The van der Waals surface area contributed by atoms with Gasteiger partial charge in [0.25, 0.3) is 11.5 Å². The molecule has 0 fully saturated rings. The first-order valence-electron chi connectivity index (χ1n) is 11.5. The van der Waals surface area contributed by atoms with Gasteiger partial charge in [0, 0.05) is 42.3 Å². The highest BCUT2D eigenvalue weighted by molar-refractivity contribution is 6.05. The van der Waals surface area contributed by atoms with Crippen molar-refractivity contribution < 1.29 is 4.79 Å². The van der Waals surface area contributed by atoms with Gasteiger partial charge < -0.3 is 4.90 Å². The molecule has 0 saturated carbocycles. The van der Waals surface area contributed by atoms with Crippen molar-refractivity contribution in [2.24, 2.45) is 0 Å². The van der Waals surface area contributed by atoms with Crippen LogP contribution in [0.5, 0.6) is 0 Å². The van der Waals surface area contributed by atoms with Gasteiger partial charge in [0.05, 0.1) is 22.6 Å². The Bertz CT molecular complexity index is 1660. The molecule has 0 bridgehead atoms. The second-order valence-corrected chi connectivity index (χ2v) is 8.94. The summed E-state index contributed by atoms with van der Waals surface area (Å²) in [6.07, 6.45) is 1.81. The molecule has 9 heteroatoms. The van der Waals surface area contributed by atoms with Crippen molar-refractivity contribution in [3.05, 3.63) is 75.0 Å². The zero-order valence-electron chi connectivity index (χ0n) is 20.4. The van der Waals surface area contributed by atoms with Gasteiger partial charge >= 0.3 is 0 Å². The van der Waals surface area contributed by atoms with E-state index < -0.39 is 0 Å². The normalized spacial score (nSPS) is 11.5. The third kappa shape index (κ3) is 3.88. The van der Waals surface area contributed by atoms with Crippen molar-refractivity contribution in [2.45, 2.75) is 40.8 Å². The molecule has 5 aromatic rings. The molecule has 0 aliphatic rings. The lowest BCUT2D eigenvalue weighted by Gasteiger charge is -2.18. The highest BCUT2D eigenvalue weighted by atomic mass is 16.2. The summed E-state index contributed by atoms with van der Waals surface area (Å²) in [5.74, 6) is 0.237. The fourth-order valence-corrected chi connectivity index (χ4v) is 4.50. The number of aromatic nitrogens is 6. The lowest BCUT2D eigenvalue weighted by Crippen LogP contribution is -2.28. The number of fused-ring (bicyclic) bond motifs is 2. The number of carbonyl (C=O) groups is 1. The number of amides is 1. The summed E-state index contributed by atoms with van der Waals surface area (Å²) in [6, 6.07) is 9.53. The molecular formula is C26H27N7O2. The number of nitrogens with one attached hydrogen (secondary N) is 2. The van der Waals surface area contributed by atoms with Crippen LogP contribution in [-0.2, 0) is 13.1 Å². The summed E-state index contributed by atoms with van der Waals surface area (Å²) >= 11 is 0. The van der Waals surface area contributed by atoms with E-state index >= 15 is 0 Å². The lowest BCUT2D eigenvalue weighted by molar-refractivity contribution is 0.0781. The van der Waals surface area contributed by atoms with Crippen LogP contribution in [0.15, 0.2) is 41.3 Å². The molecule has 3 aromatic heterocycles. The monoisotopic (exact) mass is 469 g/mol. The van der Waals surface area contributed by atoms with E-state index in [9.17, 15) is 9.59 Å². The van der Waals surface area contributed by atoms with E-state index in [-0.39, 0.29) is 11.5 Å². The Kier molecular flexibility index (Phi) is 5.47. The Morgan fingerprint density at radius 2 is 1.89 bits per heavy atom. The van der Waals surface area contributed by atoms with E-state index in [2.05, 4.69) is 15.3 Å². The third-order valence-electron chi connectivity index (χ3n) is 6.44. The molecule has 2 N–H and O–H groups in total. The van der Waals surface area contributed by atoms with E-state index in [4.69, 9.17) is 9.97 Å². The van der Waals surface area contributed by atoms with Crippen LogP contribution in [0, 0.1) is 20.8 Å². The van der Waals surface area contributed by atoms with E-state index in [1.807, 2.05) is 68.9 Å². The maximum Gasteiger partial charge on any atom is 0.273 e. The van der Waals surface area contributed by atoms with Gasteiger partial charge in [-0.15, -0.1) is 0 Å². The predicted molar refractivity (Wildman–Crippen MR) is 135 cm³/mol. The number of hydrogen-bond donors (Lipinski definition) is 2. The van der Waals surface area contributed by atoms with E-state index in [1.165, 1.54) is 0 Å². The van der Waals surface area contributed by atoms with Gasteiger partial charge in [-0.2, -0.15) is 5.10 Å². The van der Waals surface area contributed by atoms with Gasteiger partial charge in [0.2, 0.25) is 0 Å². The Hall–Kier alpha value is -4.27. The van der Waals surface area contributed by atoms with Gasteiger partial charge in [0.15, 0.2) is 5.82 Å². The molecule has 5 rings (SSSR count). The number of benzene rings is 2. The molecule has 1 amide bonds. The number of hydrogen-bond acceptors (Lipinski definition) is 5. The van der Waals surface area contributed by atoms with E-state index in [0.29, 0.717) is 39.9 Å². The van der Waals surface area contributed by atoms with E-state index in [0.717, 1.165) is 34.5 Å². The van der Waals surface area contributed by atoms with Crippen LogP contribution in [0.1, 0.15) is 39.8 Å². The van der Waals surface area contributed by atoms with Crippen molar-refractivity contribution in [1.29, 1.82) is 0 Å². The van der Waals surface area contributed by atoms with Crippen LogP contribution >= 0.6 is 0 Å². The second kappa shape index (κ2) is 8.50. The molecule has 3 heterocycles. The first-order chi connectivity index (χ1) is 16.8. The van der Waals surface area contributed by atoms with Crippen molar-refractivity contribution in [3.8, 4) is 11.4 Å². The van der Waals surface area contributed by atoms with Crippen LogP contribution in [0.25, 0.3) is 33.2 Å². The average Bonchev–Trinajstić information content (AvgIpc) is 3.39. The summed E-state index contributed by atoms with van der Waals surface area (Å²) in [6.45, 7) is 9.10. The van der Waals surface area contributed by atoms with Crippen LogP contribution < -0.4 is 5.56 Å². The van der Waals surface area contributed by atoms with Gasteiger partial charge in [-0.1, -0.05) is 11.6 Å². The first kappa shape index (κ1) is 22.5. The molecule has 0 aliphatic heterocycles. The number of aromatic amines is 2. The van der Waals surface area contributed by atoms with Crippen LogP contribution in [-0.4, -0.2) is 47.8 Å². The minimum atomic E-state index is -0.194. The third-order valence-corrected chi connectivity index (χ3v) is 6.44. The fourth-order valence-electron chi connectivity index (χ4n) is 4.50. The lowest BCUT2D eigenvalue weighted by atomic mass is 10.1. The molecule has 0 spiro atoms. The number of carbonyl (C=O) groups excluding carboxylic acids is 1. The zero-order chi connectivity index (χ0) is 24.9. The molecule has 9 nitrogen and oxygen atoms in total. The van der Waals surface area contributed by atoms with Gasteiger partial charge in [0.1, 0.15) is 5.69 Å². The largest absolute Gasteiger partial charge is 0.336 e. The summed E-state index contributed by atoms with van der Waals surface area (Å²) in [7, 11) is 1.77. The summed E-state index contributed by atoms with van der Waals surface area (Å²) in [5.41, 5.74) is 6.13. The maximum absolute atomic E-state index is 13.7. The minimum Gasteiger partial charge on any atom is -0.336 e. The van der Waals surface area contributed by atoms with Crippen molar-refractivity contribution in [1.82, 2.24) is 34.8 Å². The van der Waals surface area contributed by atoms with Crippen molar-refractivity contribution >= 4 is 27.7 Å². The molecule has 0 saturated heterocycles. The standard InChI is InChI=1S/C26H27N7O2/c1-6-33-16(4)18(12-27-33)13-32(5)26(35)23-19-9-14(2)7-8-20(19)28-24(29-23)17-10-15(3)22-21(11-17)30-31-25(22)34/h7-12H,6,13H2,1-5H3,(H2,30,31,34). The Morgan fingerprint density at radius 3 is 2.63 bits per heavy atom. The molecular weight excluding hydrogens is 442 g/mol. The Balaban J connectivity index is 1.61. The Morgan fingerprint density at radius 1 is 1.09 bits per heavy atom. The first-order valence-corrected chi connectivity index (χ1v) is 11.5. The van der Waals surface area contributed by atoms with Crippen LogP contribution in [0.4, 0.5) is 0 Å². The highest BCUT2D eigenvalue weighted by Crippen LogP contribution is 2.27. The molecule has 0 unspecified atom stereocenters. The zero-order valence-corrected chi connectivity index (χ0v) is 20.4. The summed E-state index contributed by atoms with van der Waals surface area (Å²) < 4.78 is 1.92. The number of rotatable bonds is 5. The fraction of sp³-hybridized carbons (Fsp3) is 0.269. The second-order valence-electron chi connectivity index (χ2n) is 8.94. The molecule has 0 radical (unpaired) electrons. The maximum atomic E-state index is 13.7. The van der Waals surface area contributed by atoms with Crippen LogP contribution in [0.3, 0.4) is 0 Å². The van der Waals surface area contributed by atoms with Crippen LogP contribution in [0.2, 0.25) is 0 Å². The average molecular weight is 470 g/mol. The van der Waals surface area contributed by atoms with E-state index in [1.54, 1.807) is 11.9 Å². The molecule has 0 atom stereocenters. The van der Waals surface area contributed by atoms with Gasteiger partial charge in [-0.05, 0) is 57.5 Å². The van der Waals surface area contributed by atoms with Gasteiger partial charge in [-0.25, -0.2) is 9.97 Å². The number of nitrogens with zero attached hydrogens (tertiary/aromatic N) is 5. The number of H-pyrrole nitrogens is 2. The molecule has 178 valence electrons. The van der Waals surface area contributed by atoms with Crippen molar-refractivity contribution in [3.63, 3.8) is 0 Å². The number of aryl methyl sites for hydroxylation is 3. The minimum absolute atomic E-state index is 0.168. The topological polar surface area (TPSA) is 113 Å². The quantitative estimate of drug-likeness (QED) is 0.406. The summed E-state index contributed by atoms with van der Waals surface area (Å²) in [4.78, 5) is 36.9. The molecule has 35 heavy (non-hydrogen) atoms. The molecule has 0 aliphatic carbocycles. The van der Waals surface area contributed by atoms with Crippen molar-refractivity contribution in [2.75, 3.05) is 7.05 Å². The smallest absolute Gasteiger partial charge is 0.273 e. The molecule has 2 aromatic carbocycles.